The molecule has 1 aliphatic heterocycles. The number of nitrogens with one attached hydrogen (secondary N) is 1. The Hall–Kier alpha value is -1.89. The number of aryl methyl sites for hydroxylation is 1. The van der Waals surface area contributed by atoms with Gasteiger partial charge in [-0.25, -0.2) is 14.8 Å². The molecule has 0 unspecified atom stereocenters. The molecule has 24 heavy (non-hydrogen) atoms. The zero-order valence-corrected chi connectivity index (χ0v) is 15.3. The fourth-order valence-electron chi connectivity index (χ4n) is 3.34. The Morgan fingerprint density at radius 3 is 2.75 bits per heavy atom. The van der Waals surface area contributed by atoms with Gasteiger partial charge >= 0.3 is 6.03 Å². The lowest BCUT2D eigenvalue weighted by molar-refractivity contribution is 0.242. The monoisotopic (exact) mass is 347 g/mol. The van der Waals surface area contributed by atoms with Gasteiger partial charge in [0.15, 0.2) is 0 Å². The SMILES string of the molecule is Cc1nc(N2CCC(NC(N)=O)CC2)c2c(CC(C)C)csc2n1. The van der Waals surface area contributed by atoms with Gasteiger partial charge in [0.1, 0.15) is 16.5 Å². The molecule has 1 fully saturated rings. The van der Waals surface area contributed by atoms with E-state index in [1.165, 1.54) is 10.9 Å². The maximum Gasteiger partial charge on any atom is 0.312 e. The van der Waals surface area contributed by atoms with Crippen molar-refractivity contribution < 1.29 is 4.79 Å². The van der Waals surface area contributed by atoms with Gasteiger partial charge < -0.3 is 16.0 Å². The van der Waals surface area contributed by atoms with E-state index >= 15 is 0 Å². The number of hydrogen-bond donors (Lipinski definition) is 2. The summed E-state index contributed by atoms with van der Waals surface area (Å²) in [6.45, 7) is 8.16. The van der Waals surface area contributed by atoms with E-state index in [1.807, 2.05) is 6.92 Å². The first kappa shape index (κ1) is 17.0. The highest BCUT2D eigenvalue weighted by atomic mass is 32.1. The van der Waals surface area contributed by atoms with E-state index in [4.69, 9.17) is 10.7 Å². The Labute approximate surface area is 146 Å². The number of aromatic nitrogens is 2. The zero-order valence-electron chi connectivity index (χ0n) is 14.5. The molecule has 0 bridgehead atoms. The van der Waals surface area contributed by atoms with Crippen LogP contribution < -0.4 is 16.0 Å². The molecule has 2 aromatic rings. The number of primary amides is 1. The minimum atomic E-state index is -0.439. The topological polar surface area (TPSA) is 84.1 Å². The number of anilines is 1. The van der Waals surface area contributed by atoms with Crippen LogP contribution in [0, 0.1) is 12.8 Å². The Balaban J connectivity index is 1.88. The minimum absolute atomic E-state index is 0.162. The van der Waals surface area contributed by atoms with Gasteiger partial charge in [0.05, 0.1) is 5.39 Å². The van der Waals surface area contributed by atoms with Gasteiger partial charge in [0.2, 0.25) is 0 Å². The molecule has 3 rings (SSSR count). The number of piperidine rings is 1. The van der Waals surface area contributed by atoms with Gasteiger partial charge in [0, 0.05) is 19.1 Å². The fraction of sp³-hybridized carbons (Fsp3) is 0.588. The number of carbonyl (C=O) groups excluding carboxylic acids is 1. The molecule has 0 aliphatic carbocycles. The van der Waals surface area contributed by atoms with E-state index < -0.39 is 6.03 Å². The standard InChI is InChI=1S/C17H25N5OS/c1-10(2)8-12-9-24-16-14(12)15(19-11(3)20-16)22-6-4-13(5-7-22)21-17(18)23/h9-10,13H,4-8H2,1-3H3,(H3,18,21,23). The van der Waals surface area contributed by atoms with Crippen LogP contribution in [0.5, 0.6) is 0 Å². The predicted octanol–water partition coefficient (Wildman–Crippen LogP) is 2.84. The molecule has 3 heterocycles. The first-order chi connectivity index (χ1) is 11.4. The lowest BCUT2D eigenvalue weighted by Gasteiger charge is -2.33. The van der Waals surface area contributed by atoms with E-state index in [0.717, 1.165) is 48.8 Å². The molecule has 130 valence electrons. The summed E-state index contributed by atoms with van der Waals surface area (Å²) >= 11 is 1.71. The number of nitrogens with zero attached hydrogens (tertiary/aromatic N) is 3. The number of nitrogens with two attached hydrogens (primary N) is 1. The van der Waals surface area contributed by atoms with Crippen molar-refractivity contribution in [3.8, 4) is 0 Å². The van der Waals surface area contributed by atoms with Crippen molar-refractivity contribution in [1.82, 2.24) is 15.3 Å². The summed E-state index contributed by atoms with van der Waals surface area (Å²) in [4.78, 5) is 23.8. The van der Waals surface area contributed by atoms with E-state index in [-0.39, 0.29) is 6.04 Å². The Morgan fingerprint density at radius 2 is 2.12 bits per heavy atom. The maximum absolute atomic E-state index is 11.0. The van der Waals surface area contributed by atoms with Crippen LogP contribution in [-0.4, -0.2) is 35.1 Å². The zero-order chi connectivity index (χ0) is 17.3. The number of thiophene rings is 1. The number of fused-ring (bicyclic) bond motifs is 1. The molecule has 0 saturated carbocycles. The second-order valence-electron chi connectivity index (χ2n) is 6.90. The molecule has 3 N–H and O–H groups in total. The third-order valence-corrected chi connectivity index (χ3v) is 5.29. The van der Waals surface area contributed by atoms with Gasteiger partial charge in [-0.1, -0.05) is 13.8 Å². The summed E-state index contributed by atoms with van der Waals surface area (Å²) in [6.07, 6.45) is 2.81. The third-order valence-electron chi connectivity index (χ3n) is 4.37. The van der Waals surface area contributed by atoms with Crippen molar-refractivity contribution in [1.29, 1.82) is 0 Å². The van der Waals surface area contributed by atoms with Crippen LogP contribution in [0.2, 0.25) is 0 Å². The average Bonchev–Trinajstić information content (AvgIpc) is 2.88. The highest BCUT2D eigenvalue weighted by molar-refractivity contribution is 7.17. The largest absolute Gasteiger partial charge is 0.356 e. The van der Waals surface area contributed by atoms with E-state index in [9.17, 15) is 4.79 Å². The van der Waals surface area contributed by atoms with E-state index in [2.05, 4.69) is 34.4 Å². The van der Waals surface area contributed by atoms with Crippen LogP contribution >= 0.6 is 11.3 Å². The first-order valence-electron chi connectivity index (χ1n) is 8.49. The lowest BCUT2D eigenvalue weighted by Crippen LogP contribution is -2.46. The predicted molar refractivity (Wildman–Crippen MR) is 98.6 cm³/mol. The van der Waals surface area contributed by atoms with Gasteiger partial charge in [-0.2, -0.15) is 0 Å². The Bertz CT molecular complexity index is 734. The summed E-state index contributed by atoms with van der Waals surface area (Å²) in [5, 5.41) is 6.25. The molecule has 2 amide bonds. The van der Waals surface area contributed by atoms with Crippen LogP contribution in [0.4, 0.5) is 10.6 Å². The van der Waals surface area contributed by atoms with Crippen molar-refractivity contribution in [3.05, 3.63) is 16.8 Å². The van der Waals surface area contributed by atoms with E-state index in [0.29, 0.717) is 5.92 Å². The molecule has 0 radical (unpaired) electrons. The Kier molecular flexibility index (Phi) is 4.89. The molecular weight excluding hydrogens is 322 g/mol. The van der Waals surface area contributed by atoms with Crippen molar-refractivity contribution in [2.24, 2.45) is 11.7 Å². The summed E-state index contributed by atoms with van der Waals surface area (Å²) in [5.74, 6) is 2.46. The summed E-state index contributed by atoms with van der Waals surface area (Å²) in [7, 11) is 0. The van der Waals surface area contributed by atoms with Crippen molar-refractivity contribution in [2.45, 2.75) is 46.1 Å². The van der Waals surface area contributed by atoms with Crippen molar-refractivity contribution >= 4 is 33.4 Å². The van der Waals surface area contributed by atoms with Crippen molar-refractivity contribution in [2.75, 3.05) is 18.0 Å². The second kappa shape index (κ2) is 6.93. The number of carbonyl (C=O) groups is 1. The van der Waals surface area contributed by atoms with Crippen LogP contribution in [0.1, 0.15) is 38.1 Å². The van der Waals surface area contributed by atoms with Gasteiger partial charge in [-0.15, -0.1) is 11.3 Å². The highest BCUT2D eigenvalue weighted by Gasteiger charge is 2.24. The third kappa shape index (κ3) is 3.61. The van der Waals surface area contributed by atoms with Crippen molar-refractivity contribution in [3.63, 3.8) is 0 Å². The Morgan fingerprint density at radius 1 is 1.42 bits per heavy atom. The summed E-state index contributed by atoms with van der Waals surface area (Å²) in [6, 6.07) is -0.277. The molecular formula is C17H25N5OS. The summed E-state index contributed by atoms with van der Waals surface area (Å²) in [5.41, 5.74) is 6.58. The number of urea groups is 1. The van der Waals surface area contributed by atoms with Crippen LogP contribution in [0.3, 0.4) is 0 Å². The molecule has 7 heteroatoms. The average molecular weight is 347 g/mol. The van der Waals surface area contributed by atoms with Crippen LogP contribution in [-0.2, 0) is 6.42 Å². The number of amides is 2. The molecule has 1 aliphatic rings. The van der Waals surface area contributed by atoms with Gasteiger partial charge in [-0.3, -0.25) is 0 Å². The molecule has 0 spiro atoms. The smallest absolute Gasteiger partial charge is 0.312 e. The molecule has 1 saturated heterocycles. The number of hydrogen-bond acceptors (Lipinski definition) is 5. The molecule has 0 aromatic carbocycles. The molecule has 6 nitrogen and oxygen atoms in total. The normalized spacial score (nSPS) is 16.1. The van der Waals surface area contributed by atoms with E-state index in [1.54, 1.807) is 11.3 Å². The number of rotatable bonds is 4. The van der Waals surface area contributed by atoms with Gasteiger partial charge in [-0.05, 0) is 43.0 Å². The highest BCUT2D eigenvalue weighted by Crippen LogP contribution is 2.34. The molecule has 0 atom stereocenters. The minimum Gasteiger partial charge on any atom is -0.356 e. The summed E-state index contributed by atoms with van der Waals surface area (Å²) < 4.78 is 0. The second-order valence-corrected chi connectivity index (χ2v) is 7.76. The van der Waals surface area contributed by atoms with Gasteiger partial charge in [0.25, 0.3) is 0 Å². The van der Waals surface area contributed by atoms with Crippen LogP contribution in [0.15, 0.2) is 5.38 Å². The maximum atomic E-state index is 11.0. The lowest BCUT2D eigenvalue weighted by atomic mass is 10.0. The quantitative estimate of drug-likeness (QED) is 0.891. The fourth-order valence-corrected chi connectivity index (χ4v) is 4.33. The molecule has 2 aromatic heterocycles. The van der Waals surface area contributed by atoms with Crippen LogP contribution in [0.25, 0.3) is 10.2 Å². The first-order valence-corrected chi connectivity index (χ1v) is 9.37.